The molecule has 0 N–H and O–H groups in total. The summed E-state index contributed by atoms with van der Waals surface area (Å²) < 4.78 is 68.6. The van der Waals surface area contributed by atoms with Crippen LogP contribution in [0.5, 0.6) is 5.75 Å². The topological polar surface area (TPSA) is 56.3 Å². The molecule has 0 saturated carbocycles. The fourth-order valence-electron chi connectivity index (χ4n) is 4.12. The Labute approximate surface area is 213 Å². The Kier molecular flexibility index (Phi) is 6.14. The molecule has 10 heteroatoms. The van der Waals surface area contributed by atoms with E-state index in [1.165, 1.54) is 29.7 Å². The van der Waals surface area contributed by atoms with Crippen LogP contribution in [0.3, 0.4) is 0 Å². The molecule has 0 aliphatic rings. The molecule has 5 aromatic rings. The van der Waals surface area contributed by atoms with Gasteiger partial charge in [-0.25, -0.2) is 0 Å². The molecule has 0 bridgehead atoms. The largest absolute Gasteiger partial charge is 0.534 e. The van der Waals surface area contributed by atoms with Crippen LogP contribution in [0.25, 0.3) is 42.2 Å². The standard InChI is InChI=1S/C26H18F3NO3S3/c1-15-21(16(2)34-24(15)17-9-4-3-5-10-17)25-22(18-11-6-7-13-20(18)35-25)23-19(12-8-14-30-23)33-36(31,32)26(27,28)29/h3-14H,1-2H3. The van der Waals surface area contributed by atoms with E-state index in [1.807, 2.05) is 68.4 Å². The van der Waals surface area contributed by atoms with Gasteiger partial charge in [0.15, 0.2) is 5.75 Å². The van der Waals surface area contributed by atoms with Gasteiger partial charge in [-0.05, 0) is 43.2 Å². The van der Waals surface area contributed by atoms with Crippen LogP contribution in [-0.4, -0.2) is 18.9 Å². The number of alkyl halides is 3. The number of halogens is 3. The number of aromatic nitrogens is 1. The zero-order valence-electron chi connectivity index (χ0n) is 19.0. The second kappa shape index (κ2) is 9.02. The number of fused-ring (bicyclic) bond motifs is 1. The Morgan fingerprint density at radius 2 is 1.53 bits per heavy atom. The minimum absolute atomic E-state index is 0.0315. The van der Waals surface area contributed by atoms with Crippen LogP contribution in [0.4, 0.5) is 13.2 Å². The SMILES string of the molecule is Cc1sc(-c2ccccc2)c(C)c1-c1sc2ccccc2c1-c1ncccc1OS(=O)(=O)C(F)(F)F. The second-order valence-electron chi connectivity index (χ2n) is 7.99. The van der Waals surface area contributed by atoms with Crippen molar-refractivity contribution in [3.63, 3.8) is 0 Å². The van der Waals surface area contributed by atoms with E-state index in [-0.39, 0.29) is 5.69 Å². The van der Waals surface area contributed by atoms with Gasteiger partial charge < -0.3 is 4.18 Å². The number of rotatable bonds is 5. The maximum absolute atomic E-state index is 13.1. The normalized spacial score (nSPS) is 12.2. The van der Waals surface area contributed by atoms with E-state index in [9.17, 15) is 21.6 Å². The predicted molar refractivity (Wildman–Crippen MR) is 139 cm³/mol. The van der Waals surface area contributed by atoms with E-state index in [1.54, 1.807) is 11.3 Å². The van der Waals surface area contributed by atoms with Crippen molar-refractivity contribution < 1.29 is 25.8 Å². The average molecular weight is 546 g/mol. The maximum atomic E-state index is 13.1. The molecule has 36 heavy (non-hydrogen) atoms. The van der Waals surface area contributed by atoms with E-state index in [4.69, 9.17) is 0 Å². The number of hydrogen-bond acceptors (Lipinski definition) is 6. The maximum Gasteiger partial charge on any atom is 0.534 e. The summed E-state index contributed by atoms with van der Waals surface area (Å²) in [5.74, 6) is -0.478. The zero-order chi connectivity index (χ0) is 25.7. The highest BCUT2D eigenvalue weighted by Gasteiger charge is 2.49. The van der Waals surface area contributed by atoms with Crippen molar-refractivity contribution in [1.82, 2.24) is 4.98 Å². The molecule has 184 valence electrons. The number of pyridine rings is 1. The van der Waals surface area contributed by atoms with Gasteiger partial charge in [0.1, 0.15) is 5.69 Å². The van der Waals surface area contributed by atoms with Crippen LogP contribution >= 0.6 is 22.7 Å². The minimum Gasteiger partial charge on any atom is -0.374 e. The Bertz CT molecular complexity index is 1690. The number of nitrogens with zero attached hydrogens (tertiary/aromatic N) is 1. The third-order valence-electron chi connectivity index (χ3n) is 5.67. The van der Waals surface area contributed by atoms with E-state index in [2.05, 4.69) is 9.17 Å². The lowest BCUT2D eigenvalue weighted by Crippen LogP contribution is -2.28. The number of benzene rings is 2. The molecule has 0 spiro atoms. The number of thiophene rings is 2. The Hall–Kier alpha value is -3.21. The van der Waals surface area contributed by atoms with Crippen molar-refractivity contribution >= 4 is 42.9 Å². The third kappa shape index (κ3) is 4.19. The summed E-state index contributed by atoms with van der Waals surface area (Å²) in [6.07, 6.45) is 1.40. The van der Waals surface area contributed by atoms with Gasteiger partial charge in [-0.1, -0.05) is 48.5 Å². The molecule has 0 amide bonds. The Morgan fingerprint density at radius 3 is 2.25 bits per heavy atom. The summed E-state index contributed by atoms with van der Waals surface area (Å²) in [7, 11) is -5.88. The molecule has 5 rings (SSSR count). The lowest BCUT2D eigenvalue weighted by molar-refractivity contribution is -0.0499. The summed E-state index contributed by atoms with van der Waals surface area (Å²) in [6.45, 7) is 4.01. The molecule has 3 aromatic heterocycles. The first-order valence-corrected chi connectivity index (χ1v) is 13.8. The zero-order valence-corrected chi connectivity index (χ0v) is 21.4. The van der Waals surface area contributed by atoms with Crippen LogP contribution in [-0.2, 0) is 10.1 Å². The van der Waals surface area contributed by atoms with E-state index >= 15 is 0 Å². The molecule has 0 aliphatic carbocycles. The summed E-state index contributed by atoms with van der Waals surface area (Å²) in [6, 6.07) is 19.9. The van der Waals surface area contributed by atoms with Crippen LogP contribution in [0, 0.1) is 13.8 Å². The third-order valence-corrected chi connectivity index (χ3v) is 9.08. The average Bonchev–Trinajstić information content (AvgIpc) is 3.35. The first kappa shape index (κ1) is 24.5. The lowest BCUT2D eigenvalue weighted by Gasteiger charge is -2.13. The van der Waals surface area contributed by atoms with Gasteiger partial charge in [-0.2, -0.15) is 21.6 Å². The van der Waals surface area contributed by atoms with Crippen molar-refractivity contribution in [2.75, 3.05) is 0 Å². The molecule has 0 aliphatic heterocycles. The van der Waals surface area contributed by atoms with Crippen molar-refractivity contribution in [3.8, 4) is 37.9 Å². The highest BCUT2D eigenvalue weighted by atomic mass is 32.2. The molecule has 3 heterocycles. The number of hydrogen-bond donors (Lipinski definition) is 0. The fraction of sp³-hybridized carbons (Fsp3) is 0.115. The van der Waals surface area contributed by atoms with Crippen molar-refractivity contribution in [1.29, 1.82) is 0 Å². The number of aryl methyl sites for hydroxylation is 1. The van der Waals surface area contributed by atoms with Gasteiger partial charge in [0.2, 0.25) is 0 Å². The molecular weight excluding hydrogens is 527 g/mol. The Morgan fingerprint density at radius 1 is 0.833 bits per heavy atom. The molecular formula is C26H18F3NO3S3. The van der Waals surface area contributed by atoms with Crippen LogP contribution in [0.15, 0.2) is 72.9 Å². The molecule has 0 saturated heterocycles. The highest BCUT2D eigenvalue weighted by molar-refractivity contribution is 7.88. The van der Waals surface area contributed by atoms with Gasteiger partial charge in [-0.15, -0.1) is 22.7 Å². The van der Waals surface area contributed by atoms with Gasteiger partial charge >= 0.3 is 15.6 Å². The Balaban J connectivity index is 1.77. The first-order valence-electron chi connectivity index (χ1n) is 10.7. The monoisotopic (exact) mass is 545 g/mol. The van der Waals surface area contributed by atoms with Crippen molar-refractivity contribution in [3.05, 3.63) is 83.4 Å². The van der Waals surface area contributed by atoms with Gasteiger partial charge in [-0.3, -0.25) is 4.98 Å². The molecule has 0 unspecified atom stereocenters. The molecule has 4 nitrogen and oxygen atoms in total. The van der Waals surface area contributed by atoms with Crippen molar-refractivity contribution in [2.24, 2.45) is 0 Å². The summed E-state index contributed by atoms with van der Waals surface area (Å²) in [5, 5.41) is 0.747. The van der Waals surface area contributed by atoms with Crippen LogP contribution in [0.1, 0.15) is 10.4 Å². The van der Waals surface area contributed by atoms with Gasteiger partial charge in [0, 0.05) is 42.0 Å². The predicted octanol–water partition coefficient (Wildman–Crippen LogP) is 8.20. The molecule has 0 fully saturated rings. The van der Waals surface area contributed by atoms with Crippen molar-refractivity contribution in [2.45, 2.75) is 19.4 Å². The summed E-state index contributed by atoms with van der Waals surface area (Å²) >= 11 is 3.11. The smallest absolute Gasteiger partial charge is 0.374 e. The first-order chi connectivity index (χ1) is 17.1. The minimum atomic E-state index is -5.88. The van der Waals surface area contributed by atoms with Gasteiger partial charge in [0.05, 0.1) is 0 Å². The fourth-order valence-corrected chi connectivity index (χ4v) is 7.19. The molecule has 0 atom stereocenters. The lowest BCUT2D eigenvalue weighted by atomic mass is 9.98. The van der Waals surface area contributed by atoms with E-state index in [0.29, 0.717) is 5.56 Å². The quantitative estimate of drug-likeness (QED) is 0.165. The highest BCUT2D eigenvalue weighted by Crippen LogP contribution is 2.51. The summed E-state index contributed by atoms with van der Waals surface area (Å²) in [5.41, 5.74) is -1.96. The molecule has 2 aromatic carbocycles. The summed E-state index contributed by atoms with van der Waals surface area (Å²) in [4.78, 5) is 7.21. The van der Waals surface area contributed by atoms with Gasteiger partial charge in [0.25, 0.3) is 0 Å². The van der Waals surface area contributed by atoms with Crippen LogP contribution < -0.4 is 4.18 Å². The molecule has 0 radical (unpaired) electrons. The van der Waals surface area contributed by atoms with E-state index < -0.39 is 21.4 Å². The van der Waals surface area contributed by atoms with E-state index in [0.717, 1.165) is 41.4 Å². The van der Waals surface area contributed by atoms with Crippen LogP contribution in [0.2, 0.25) is 0 Å². The second-order valence-corrected chi connectivity index (χ2v) is 11.8.